The first-order chi connectivity index (χ1) is 19.3. The van der Waals surface area contributed by atoms with E-state index in [4.69, 9.17) is 0 Å². The normalized spacial score (nSPS) is 31.8. The summed E-state index contributed by atoms with van der Waals surface area (Å²) in [6.07, 6.45) is 16.1. The van der Waals surface area contributed by atoms with Gasteiger partial charge in [0.05, 0.1) is 0 Å². The van der Waals surface area contributed by atoms with Crippen molar-refractivity contribution in [3.63, 3.8) is 0 Å². The molecule has 4 aliphatic heterocycles. The van der Waals surface area contributed by atoms with Crippen LogP contribution < -0.4 is 0 Å². The molecule has 0 aliphatic carbocycles. The molecule has 0 aromatic rings. The fraction of sp³-hybridized carbons (Fsp3) is 1.00. The van der Waals surface area contributed by atoms with Crippen LogP contribution in [0.1, 0.15) is 188 Å². The van der Waals surface area contributed by atoms with Crippen LogP contribution in [0, 0.1) is 0 Å². The molecule has 6 heteroatoms. The molecule has 0 aromatic carbocycles. The summed E-state index contributed by atoms with van der Waals surface area (Å²) < 4.78 is 14.4. The molecule has 0 bridgehead atoms. The van der Waals surface area contributed by atoms with E-state index in [9.17, 15) is 0 Å². The van der Waals surface area contributed by atoms with Crippen molar-refractivity contribution < 1.29 is 0 Å². The summed E-state index contributed by atoms with van der Waals surface area (Å²) >= 11 is -3.37. The predicted molar refractivity (Wildman–Crippen MR) is 192 cm³/mol. The number of nitrogens with zero attached hydrogens (tertiary/aromatic N) is 4. The van der Waals surface area contributed by atoms with E-state index in [1.165, 1.54) is 81.2 Å². The van der Waals surface area contributed by atoms with E-state index in [1.807, 2.05) is 0 Å². The predicted octanol–water partition coefficient (Wildman–Crippen LogP) is 9.67. The van der Waals surface area contributed by atoms with Crippen LogP contribution >= 0.6 is 0 Å². The van der Waals surface area contributed by atoms with Gasteiger partial charge in [-0.1, -0.05) is 4.14 Å². The van der Waals surface area contributed by atoms with Crippen molar-refractivity contribution in [3.05, 3.63) is 0 Å². The molecule has 0 radical (unpaired) electrons. The van der Waals surface area contributed by atoms with Crippen LogP contribution in [0.25, 0.3) is 0 Å². The molecule has 0 spiro atoms. The third kappa shape index (κ3) is 7.05. The third-order valence-electron chi connectivity index (χ3n) is 13.1. The Morgan fingerprint density at radius 3 is 0.581 bits per heavy atom. The van der Waals surface area contributed by atoms with E-state index in [0.29, 0.717) is 0 Å². The second kappa shape index (κ2) is 11.8. The monoisotopic (exact) mass is 629 g/mol. The summed E-state index contributed by atoms with van der Waals surface area (Å²) in [5, 5.41) is 0. The van der Waals surface area contributed by atoms with Crippen molar-refractivity contribution in [3.8, 4) is 0 Å². The van der Waals surface area contributed by atoms with Crippen LogP contribution in [0.15, 0.2) is 0 Å². The van der Waals surface area contributed by atoms with E-state index < -0.39 is 29.2 Å². The van der Waals surface area contributed by atoms with E-state index in [0.717, 1.165) is 0 Å². The molecular formula is C37H74Al2N4. The topological polar surface area (TPSA) is 13.0 Å². The quantitative estimate of drug-likeness (QED) is 0.272. The Morgan fingerprint density at radius 1 is 0.302 bits per heavy atom. The first-order valence-electron chi connectivity index (χ1n) is 18.5. The van der Waals surface area contributed by atoms with Gasteiger partial charge in [0.25, 0.3) is 0 Å². The maximum Gasteiger partial charge on any atom is 0.478 e. The van der Waals surface area contributed by atoms with E-state index in [-0.39, 0.29) is 44.3 Å². The highest BCUT2D eigenvalue weighted by molar-refractivity contribution is 6.73. The minimum atomic E-state index is -1.68. The van der Waals surface area contributed by atoms with Crippen molar-refractivity contribution in [2.24, 2.45) is 0 Å². The molecule has 248 valence electrons. The number of hydrogen-bond acceptors (Lipinski definition) is 4. The second-order valence-electron chi connectivity index (χ2n) is 20.6. The number of piperidine rings is 4. The number of rotatable bonds is 6. The summed E-state index contributed by atoms with van der Waals surface area (Å²) in [5.41, 5.74) is 1.90. The van der Waals surface area contributed by atoms with Gasteiger partial charge < -0.3 is 15.5 Å². The second-order valence-corrected chi connectivity index (χ2v) is 26.5. The Morgan fingerprint density at radius 2 is 0.442 bits per heavy atom. The zero-order valence-electron chi connectivity index (χ0n) is 32.1. The summed E-state index contributed by atoms with van der Waals surface area (Å²) in [6, 6.07) is 0. The summed E-state index contributed by atoms with van der Waals surface area (Å²) in [7, 11) is 0. The van der Waals surface area contributed by atoms with Gasteiger partial charge in [0, 0.05) is 0 Å². The minimum Gasteiger partial charge on any atom is -0.362 e. The van der Waals surface area contributed by atoms with Crippen molar-refractivity contribution in [1.29, 1.82) is 0 Å². The summed E-state index contributed by atoms with van der Waals surface area (Å²) in [4.78, 5) is 0. The maximum atomic E-state index is 3.24. The van der Waals surface area contributed by atoms with Gasteiger partial charge >= 0.3 is 29.2 Å². The summed E-state index contributed by atoms with van der Waals surface area (Å²) in [6.45, 7) is 42.0. The molecule has 4 nitrogen and oxygen atoms in total. The van der Waals surface area contributed by atoms with E-state index in [2.05, 4.69) is 126 Å². The van der Waals surface area contributed by atoms with Gasteiger partial charge in [-0.3, -0.25) is 0 Å². The van der Waals surface area contributed by atoms with Gasteiger partial charge in [0.15, 0.2) is 0 Å². The van der Waals surface area contributed by atoms with Crippen molar-refractivity contribution in [2.45, 2.75) is 236 Å². The zero-order valence-corrected chi connectivity index (χ0v) is 34.4. The van der Waals surface area contributed by atoms with E-state index in [1.54, 1.807) is 0 Å². The van der Waals surface area contributed by atoms with Gasteiger partial charge in [0.2, 0.25) is 0 Å². The van der Waals surface area contributed by atoms with Crippen LogP contribution in [0.4, 0.5) is 0 Å². The average Bonchev–Trinajstić information content (AvgIpc) is 2.73. The van der Waals surface area contributed by atoms with Crippen LogP contribution in [0.3, 0.4) is 0 Å². The fourth-order valence-corrected chi connectivity index (χ4v) is 25.0. The molecule has 0 N–H and O–H groups in total. The zero-order chi connectivity index (χ0) is 32.7. The van der Waals surface area contributed by atoms with Gasteiger partial charge in [-0.05, 0) is 232 Å². The van der Waals surface area contributed by atoms with Crippen molar-refractivity contribution >= 4 is 29.2 Å². The van der Waals surface area contributed by atoms with Crippen molar-refractivity contribution in [1.82, 2.24) is 15.5 Å². The lowest BCUT2D eigenvalue weighted by Crippen LogP contribution is -2.80. The van der Waals surface area contributed by atoms with Crippen LogP contribution in [-0.4, -0.2) is 89.0 Å². The fourth-order valence-electron chi connectivity index (χ4n) is 12.1. The standard InChI is InChI=1S/4C9H18N.CH2.2Al/c4*1-8(2)6-5-7-9(3,4)10-8;;;/h4*5-7H2,1-4H3;1H2;;/q4*-1;;2*+2. The Labute approximate surface area is 279 Å². The highest BCUT2D eigenvalue weighted by Gasteiger charge is 2.63. The van der Waals surface area contributed by atoms with Gasteiger partial charge in [0.1, 0.15) is 0 Å². The Bertz CT molecular complexity index is 777. The molecule has 0 amide bonds. The third-order valence-corrected chi connectivity index (χ3v) is 24.5. The molecule has 4 saturated heterocycles. The van der Waals surface area contributed by atoms with E-state index >= 15 is 0 Å². The highest BCUT2D eigenvalue weighted by Crippen LogP contribution is 2.50. The molecule has 4 heterocycles. The highest BCUT2D eigenvalue weighted by atomic mass is 27.3. The SMILES string of the molecule is CC1(C)CCCC(C)(C)[N]1[Al]([CH2][Al]([N]1C(C)(C)CCCC1(C)C)[N]1C(C)(C)CCCC1(C)C)[N]1C(C)(C)CCCC1(C)C. The minimum absolute atomic E-state index is 0.237. The molecule has 0 aromatic heterocycles. The lowest BCUT2D eigenvalue weighted by molar-refractivity contribution is -0.0126. The maximum absolute atomic E-state index is 3.24. The van der Waals surface area contributed by atoms with Gasteiger partial charge in [-0.2, -0.15) is 0 Å². The van der Waals surface area contributed by atoms with Crippen LogP contribution in [0.2, 0.25) is 4.14 Å². The summed E-state index contributed by atoms with van der Waals surface area (Å²) in [5.74, 6) is 0. The molecule has 4 aliphatic rings. The average molecular weight is 629 g/mol. The molecule has 4 rings (SSSR count). The molecule has 43 heavy (non-hydrogen) atoms. The Kier molecular flexibility index (Phi) is 10.1. The Balaban J connectivity index is 2.00. The lowest BCUT2D eigenvalue weighted by Gasteiger charge is -2.67. The first kappa shape index (κ1) is 36.7. The lowest BCUT2D eigenvalue weighted by atomic mass is 9.82. The molecule has 4 fully saturated rings. The van der Waals surface area contributed by atoms with Crippen molar-refractivity contribution in [2.75, 3.05) is 0 Å². The first-order valence-corrected chi connectivity index (χ1v) is 22.2. The smallest absolute Gasteiger partial charge is 0.362 e. The largest absolute Gasteiger partial charge is 0.478 e. The van der Waals surface area contributed by atoms with Crippen LogP contribution in [0.5, 0.6) is 0 Å². The molecular weight excluding hydrogens is 554 g/mol. The van der Waals surface area contributed by atoms with Gasteiger partial charge in [-0.15, -0.1) is 0 Å². The molecule has 0 saturated carbocycles. The number of hydrogen-bond donors (Lipinski definition) is 0. The Hall–Kier alpha value is 0.905. The van der Waals surface area contributed by atoms with Gasteiger partial charge in [-0.25, -0.2) is 0 Å². The molecule has 0 atom stereocenters. The molecule has 0 unspecified atom stereocenters. The van der Waals surface area contributed by atoms with Crippen LogP contribution in [-0.2, 0) is 0 Å².